The van der Waals surface area contributed by atoms with Gasteiger partial charge in [-0.15, -0.1) is 0 Å². The van der Waals surface area contributed by atoms with Crippen molar-refractivity contribution in [3.63, 3.8) is 0 Å². The van der Waals surface area contributed by atoms with Crippen molar-refractivity contribution < 1.29 is 9.53 Å². The minimum absolute atomic E-state index is 0.0690. The van der Waals surface area contributed by atoms with E-state index in [4.69, 9.17) is 16.3 Å². The van der Waals surface area contributed by atoms with Gasteiger partial charge in [0.05, 0.1) is 11.1 Å². The topological polar surface area (TPSA) is 41.6 Å². The Bertz CT molecular complexity index is 632. The predicted molar refractivity (Wildman–Crippen MR) is 92.8 cm³/mol. The summed E-state index contributed by atoms with van der Waals surface area (Å²) in [6.45, 7) is 0.641. The van der Waals surface area contributed by atoms with E-state index in [0.717, 1.165) is 5.56 Å². The second kappa shape index (κ2) is 8.56. The number of carbonyl (C=O) groups is 1. The van der Waals surface area contributed by atoms with Gasteiger partial charge in [-0.2, -0.15) is 0 Å². The van der Waals surface area contributed by atoms with Crippen LogP contribution in [0.2, 0.25) is 5.02 Å². The lowest BCUT2D eigenvalue weighted by Gasteiger charge is -2.23. The fraction of sp³-hybridized carbons (Fsp3) is 0.278. The minimum atomic E-state index is -0.180. The number of nitrogens with zero attached hydrogens (tertiary/aromatic N) is 1. The van der Waals surface area contributed by atoms with Crippen molar-refractivity contribution in [3.05, 3.63) is 65.2 Å². The number of halogens is 1. The largest absolute Gasteiger partial charge is 0.482 e. The smallest absolute Gasteiger partial charge is 0.258 e. The predicted octanol–water partition coefficient (Wildman–Crippen LogP) is 3.14. The van der Waals surface area contributed by atoms with Crippen LogP contribution in [0.4, 0.5) is 0 Å². The Hall–Kier alpha value is -2.04. The molecule has 0 heterocycles. The van der Waals surface area contributed by atoms with E-state index >= 15 is 0 Å². The number of nitrogens with one attached hydrogen (secondary N) is 1. The second-order valence-corrected chi connectivity index (χ2v) is 5.92. The van der Waals surface area contributed by atoms with Crippen molar-refractivity contribution in [1.29, 1.82) is 0 Å². The van der Waals surface area contributed by atoms with Gasteiger partial charge in [0.1, 0.15) is 5.75 Å². The zero-order valence-electron chi connectivity index (χ0n) is 13.3. The van der Waals surface area contributed by atoms with Gasteiger partial charge in [0, 0.05) is 6.54 Å². The molecule has 0 radical (unpaired) electrons. The molecular formula is C18H21ClN2O2. The van der Waals surface area contributed by atoms with Gasteiger partial charge in [-0.1, -0.05) is 54.1 Å². The average Bonchev–Trinajstić information content (AvgIpc) is 2.54. The van der Waals surface area contributed by atoms with Crippen LogP contribution in [-0.4, -0.2) is 38.1 Å². The highest BCUT2D eigenvalue weighted by Gasteiger charge is 2.16. The highest BCUT2D eigenvalue weighted by atomic mass is 35.5. The maximum absolute atomic E-state index is 12.2. The molecule has 0 saturated heterocycles. The maximum Gasteiger partial charge on any atom is 0.258 e. The molecule has 2 rings (SSSR count). The molecule has 0 bridgehead atoms. The summed E-state index contributed by atoms with van der Waals surface area (Å²) in [4.78, 5) is 14.2. The Morgan fingerprint density at radius 3 is 2.43 bits per heavy atom. The Morgan fingerprint density at radius 2 is 1.78 bits per heavy atom. The molecular weight excluding hydrogens is 312 g/mol. The van der Waals surface area contributed by atoms with Gasteiger partial charge in [-0.05, 0) is 31.8 Å². The van der Waals surface area contributed by atoms with Gasteiger partial charge in [0.25, 0.3) is 5.91 Å². The lowest BCUT2D eigenvalue weighted by atomic mass is 10.1. The Morgan fingerprint density at radius 1 is 1.13 bits per heavy atom. The molecule has 0 aliphatic heterocycles. The lowest BCUT2D eigenvalue weighted by molar-refractivity contribution is -0.123. The maximum atomic E-state index is 12.2. The Labute approximate surface area is 142 Å². The van der Waals surface area contributed by atoms with Crippen LogP contribution in [0.1, 0.15) is 11.6 Å². The molecule has 23 heavy (non-hydrogen) atoms. The Balaban J connectivity index is 1.96. The average molecular weight is 333 g/mol. The highest BCUT2D eigenvalue weighted by Crippen LogP contribution is 2.23. The number of benzene rings is 2. The molecule has 2 aromatic rings. The van der Waals surface area contributed by atoms with Crippen molar-refractivity contribution in [3.8, 4) is 5.75 Å². The lowest BCUT2D eigenvalue weighted by Crippen LogP contribution is -2.37. The molecule has 1 amide bonds. The van der Waals surface area contributed by atoms with Crippen molar-refractivity contribution in [2.45, 2.75) is 6.04 Å². The SMILES string of the molecule is CN(C)C[C@H](NC(=O)COc1ccccc1Cl)c1ccccc1. The van der Waals surface area contributed by atoms with Gasteiger partial charge in [-0.3, -0.25) is 4.79 Å². The quantitative estimate of drug-likeness (QED) is 0.847. The third-order valence-electron chi connectivity index (χ3n) is 3.28. The molecule has 4 nitrogen and oxygen atoms in total. The fourth-order valence-corrected chi connectivity index (χ4v) is 2.42. The summed E-state index contributed by atoms with van der Waals surface area (Å²) in [7, 11) is 3.95. The standard InChI is InChI=1S/C18H21ClN2O2/c1-21(2)12-16(14-8-4-3-5-9-14)20-18(22)13-23-17-11-7-6-10-15(17)19/h3-11,16H,12-13H2,1-2H3,(H,20,22)/t16-/m0/s1. The number of hydrogen-bond acceptors (Lipinski definition) is 3. The zero-order valence-corrected chi connectivity index (χ0v) is 14.1. The van der Waals surface area contributed by atoms with E-state index in [9.17, 15) is 4.79 Å². The molecule has 0 fully saturated rings. The van der Waals surface area contributed by atoms with E-state index in [1.54, 1.807) is 12.1 Å². The summed E-state index contributed by atoms with van der Waals surface area (Å²) >= 11 is 6.01. The van der Waals surface area contributed by atoms with E-state index in [0.29, 0.717) is 17.3 Å². The molecule has 5 heteroatoms. The van der Waals surface area contributed by atoms with Crippen LogP contribution in [0.3, 0.4) is 0 Å². The van der Waals surface area contributed by atoms with E-state index < -0.39 is 0 Å². The summed E-state index contributed by atoms with van der Waals surface area (Å²) in [6, 6.07) is 16.9. The molecule has 1 N–H and O–H groups in total. The number of ether oxygens (including phenoxy) is 1. The Kier molecular flexibility index (Phi) is 6.44. The van der Waals surface area contributed by atoms with Crippen LogP contribution in [-0.2, 0) is 4.79 Å². The van der Waals surface area contributed by atoms with Gasteiger partial charge in [0.15, 0.2) is 6.61 Å². The van der Waals surface area contributed by atoms with Crippen LogP contribution in [0.25, 0.3) is 0 Å². The molecule has 122 valence electrons. The first-order chi connectivity index (χ1) is 11.1. The third kappa shape index (κ3) is 5.58. The number of rotatable bonds is 7. The molecule has 0 aliphatic rings. The van der Waals surface area contributed by atoms with Crippen LogP contribution >= 0.6 is 11.6 Å². The van der Waals surface area contributed by atoms with Crippen molar-refractivity contribution in [2.24, 2.45) is 0 Å². The van der Waals surface area contributed by atoms with Gasteiger partial charge >= 0.3 is 0 Å². The minimum Gasteiger partial charge on any atom is -0.482 e. The summed E-state index contributed by atoms with van der Waals surface area (Å²) in [5, 5.41) is 3.50. The first kappa shape index (κ1) is 17.3. The third-order valence-corrected chi connectivity index (χ3v) is 3.59. The van der Waals surface area contributed by atoms with Crippen LogP contribution in [0, 0.1) is 0 Å². The molecule has 0 aliphatic carbocycles. The number of carbonyl (C=O) groups excluding carboxylic acids is 1. The normalized spacial score (nSPS) is 12.0. The van der Waals surface area contributed by atoms with Crippen molar-refractivity contribution in [1.82, 2.24) is 10.2 Å². The van der Waals surface area contributed by atoms with Crippen LogP contribution in [0.15, 0.2) is 54.6 Å². The van der Waals surface area contributed by atoms with Crippen LogP contribution < -0.4 is 10.1 Å². The highest BCUT2D eigenvalue weighted by molar-refractivity contribution is 6.32. The first-order valence-corrected chi connectivity index (χ1v) is 7.80. The summed E-state index contributed by atoms with van der Waals surface area (Å²) in [5.74, 6) is 0.328. The molecule has 0 saturated carbocycles. The monoisotopic (exact) mass is 332 g/mol. The molecule has 0 unspecified atom stereocenters. The van der Waals surface area contributed by atoms with Gasteiger partial charge in [0.2, 0.25) is 0 Å². The number of amides is 1. The zero-order chi connectivity index (χ0) is 16.7. The summed E-state index contributed by atoms with van der Waals surface area (Å²) in [6.07, 6.45) is 0. The fourth-order valence-electron chi connectivity index (χ4n) is 2.23. The number of para-hydroxylation sites is 1. The van der Waals surface area contributed by atoms with Crippen molar-refractivity contribution in [2.75, 3.05) is 27.2 Å². The van der Waals surface area contributed by atoms with E-state index in [-0.39, 0.29) is 18.6 Å². The van der Waals surface area contributed by atoms with Crippen LogP contribution in [0.5, 0.6) is 5.75 Å². The van der Waals surface area contributed by atoms with E-state index in [2.05, 4.69) is 5.32 Å². The molecule has 1 atom stereocenters. The molecule has 0 spiro atoms. The molecule has 2 aromatic carbocycles. The van der Waals surface area contributed by atoms with Crippen molar-refractivity contribution >= 4 is 17.5 Å². The van der Waals surface area contributed by atoms with Gasteiger partial charge < -0.3 is 15.0 Å². The van der Waals surface area contributed by atoms with E-state index in [1.165, 1.54) is 0 Å². The number of likely N-dealkylation sites (N-methyl/N-ethyl adjacent to an activating group) is 1. The summed E-state index contributed by atoms with van der Waals surface area (Å²) in [5.41, 5.74) is 1.06. The first-order valence-electron chi connectivity index (χ1n) is 7.42. The molecule has 0 aromatic heterocycles. The van der Waals surface area contributed by atoms with Gasteiger partial charge in [-0.25, -0.2) is 0 Å². The van der Waals surface area contributed by atoms with E-state index in [1.807, 2.05) is 61.5 Å². The number of hydrogen-bond donors (Lipinski definition) is 1. The second-order valence-electron chi connectivity index (χ2n) is 5.51. The summed E-state index contributed by atoms with van der Waals surface area (Å²) < 4.78 is 5.48.